The van der Waals surface area contributed by atoms with Crippen LogP contribution in [0.1, 0.15) is 23.7 Å². The van der Waals surface area contributed by atoms with Gasteiger partial charge in [0, 0.05) is 5.69 Å². The van der Waals surface area contributed by atoms with Crippen LogP contribution >= 0.6 is 0 Å². The Labute approximate surface area is 141 Å². The van der Waals surface area contributed by atoms with Crippen LogP contribution in [0.4, 0.5) is 5.69 Å². The van der Waals surface area contributed by atoms with Gasteiger partial charge in [0.25, 0.3) is 0 Å². The third-order valence-electron chi connectivity index (χ3n) is 3.98. The molecule has 0 spiro atoms. The Balaban J connectivity index is 2.06. The number of rotatable bonds is 7. The van der Waals surface area contributed by atoms with Crippen LogP contribution in [-0.2, 0) is 9.53 Å². The molecule has 0 saturated heterocycles. The van der Waals surface area contributed by atoms with Crippen molar-refractivity contribution in [2.75, 3.05) is 18.5 Å². The fraction of sp³-hybridized carbons (Fsp3) is 0.263. The lowest BCUT2D eigenvalue weighted by Gasteiger charge is -2.28. The Bertz CT molecular complexity index is 666. The smallest absolute Gasteiger partial charge is 0.338 e. The number of carbonyl (C=O) groups is 2. The maximum atomic E-state index is 12.6. The minimum absolute atomic E-state index is 0.188. The van der Waals surface area contributed by atoms with E-state index in [0.29, 0.717) is 17.7 Å². The van der Waals surface area contributed by atoms with Crippen LogP contribution in [0.25, 0.3) is 0 Å². The molecular formula is C19H21NO4. The van der Waals surface area contributed by atoms with E-state index >= 15 is 0 Å². The standard InChI is InChI=1S/C19H21NO4/c1-2-19(13-21,18(23)20-16-11-7-4-8-12-16)14-24-17(22)15-9-5-3-6-10-15/h3-12,21H,2,13-14H2,1H3,(H,20,23). The number of ether oxygens (including phenoxy) is 1. The van der Waals surface area contributed by atoms with Crippen molar-refractivity contribution in [1.82, 2.24) is 0 Å². The van der Waals surface area contributed by atoms with Crippen molar-refractivity contribution in [3.8, 4) is 0 Å². The molecule has 0 aliphatic rings. The molecule has 5 heteroatoms. The van der Waals surface area contributed by atoms with Gasteiger partial charge in [0.1, 0.15) is 12.0 Å². The summed E-state index contributed by atoms with van der Waals surface area (Å²) in [5, 5.41) is 12.5. The number of carbonyl (C=O) groups excluding carboxylic acids is 2. The van der Waals surface area contributed by atoms with E-state index in [1.165, 1.54) is 0 Å². The number of hydrogen-bond acceptors (Lipinski definition) is 4. The molecule has 2 aromatic rings. The van der Waals surface area contributed by atoms with Gasteiger partial charge in [-0.1, -0.05) is 43.3 Å². The molecule has 5 nitrogen and oxygen atoms in total. The zero-order chi connectivity index (χ0) is 17.4. The van der Waals surface area contributed by atoms with Crippen molar-refractivity contribution in [2.45, 2.75) is 13.3 Å². The molecule has 1 atom stereocenters. The molecule has 24 heavy (non-hydrogen) atoms. The van der Waals surface area contributed by atoms with E-state index in [4.69, 9.17) is 4.74 Å². The predicted octanol–water partition coefficient (Wildman–Crippen LogP) is 2.87. The third kappa shape index (κ3) is 4.20. The van der Waals surface area contributed by atoms with Crippen LogP contribution in [0.3, 0.4) is 0 Å². The Morgan fingerprint density at radius 2 is 1.62 bits per heavy atom. The van der Waals surface area contributed by atoms with Crippen molar-refractivity contribution < 1.29 is 19.4 Å². The number of benzene rings is 2. The highest BCUT2D eigenvalue weighted by Crippen LogP contribution is 2.25. The minimum Gasteiger partial charge on any atom is -0.461 e. The summed E-state index contributed by atoms with van der Waals surface area (Å²) in [6.07, 6.45) is 0.338. The summed E-state index contributed by atoms with van der Waals surface area (Å²) in [6, 6.07) is 17.5. The van der Waals surface area contributed by atoms with E-state index < -0.39 is 18.0 Å². The molecule has 2 rings (SSSR count). The molecule has 126 valence electrons. The molecule has 2 aromatic carbocycles. The van der Waals surface area contributed by atoms with Crippen molar-refractivity contribution in [3.63, 3.8) is 0 Å². The number of anilines is 1. The quantitative estimate of drug-likeness (QED) is 0.767. The van der Waals surface area contributed by atoms with E-state index in [2.05, 4.69) is 5.32 Å². The number of amides is 1. The highest BCUT2D eigenvalue weighted by atomic mass is 16.5. The van der Waals surface area contributed by atoms with Crippen LogP contribution in [0.15, 0.2) is 60.7 Å². The first-order valence-electron chi connectivity index (χ1n) is 7.81. The molecular weight excluding hydrogens is 306 g/mol. The number of esters is 1. The van der Waals surface area contributed by atoms with E-state index in [0.717, 1.165) is 0 Å². The Morgan fingerprint density at radius 1 is 1.04 bits per heavy atom. The SMILES string of the molecule is CCC(CO)(COC(=O)c1ccccc1)C(=O)Nc1ccccc1. The maximum Gasteiger partial charge on any atom is 0.338 e. The number of aliphatic hydroxyl groups is 1. The average Bonchev–Trinajstić information content (AvgIpc) is 2.64. The first kappa shape index (κ1) is 17.7. The molecule has 0 aliphatic carbocycles. The fourth-order valence-corrected chi connectivity index (χ4v) is 2.20. The van der Waals surface area contributed by atoms with Gasteiger partial charge >= 0.3 is 5.97 Å². The average molecular weight is 327 g/mol. The van der Waals surface area contributed by atoms with Gasteiger partial charge in [-0.3, -0.25) is 4.79 Å². The second-order valence-electron chi connectivity index (χ2n) is 5.55. The summed E-state index contributed by atoms with van der Waals surface area (Å²) in [5.74, 6) is -0.894. The van der Waals surface area contributed by atoms with Gasteiger partial charge in [-0.2, -0.15) is 0 Å². The Kier molecular flexibility index (Phi) is 6.09. The minimum atomic E-state index is -1.18. The van der Waals surface area contributed by atoms with Crippen LogP contribution in [0, 0.1) is 5.41 Å². The zero-order valence-corrected chi connectivity index (χ0v) is 13.6. The van der Waals surface area contributed by atoms with E-state index in [1.54, 1.807) is 61.5 Å². The largest absolute Gasteiger partial charge is 0.461 e. The number of hydrogen-bond donors (Lipinski definition) is 2. The third-order valence-corrected chi connectivity index (χ3v) is 3.98. The summed E-state index contributed by atoms with van der Waals surface area (Å²) in [4.78, 5) is 24.7. The highest BCUT2D eigenvalue weighted by Gasteiger charge is 2.38. The number of para-hydroxylation sites is 1. The predicted molar refractivity (Wildman–Crippen MR) is 91.6 cm³/mol. The molecule has 0 aliphatic heterocycles. The molecule has 1 unspecified atom stereocenters. The van der Waals surface area contributed by atoms with Gasteiger partial charge in [-0.05, 0) is 30.7 Å². The van der Waals surface area contributed by atoms with Crippen molar-refractivity contribution in [2.24, 2.45) is 5.41 Å². The maximum absolute atomic E-state index is 12.6. The van der Waals surface area contributed by atoms with Crippen LogP contribution in [0.5, 0.6) is 0 Å². The van der Waals surface area contributed by atoms with Crippen molar-refractivity contribution in [3.05, 3.63) is 66.2 Å². The highest BCUT2D eigenvalue weighted by molar-refractivity contribution is 5.96. The topological polar surface area (TPSA) is 75.6 Å². The second-order valence-corrected chi connectivity index (χ2v) is 5.55. The monoisotopic (exact) mass is 327 g/mol. The molecule has 0 saturated carbocycles. The number of nitrogens with one attached hydrogen (secondary N) is 1. The molecule has 0 aromatic heterocycles. The van der Waals surface area contributed by atoms with E-state index in [-0.39, 0.29) is 12.5 Å². The molecule has 0 bridgehead atoms. The molecule has 2 N–H and O–H groups in total. The van der Waals surface area contributed by atoms with Crippen molar-refractivity contribution >= 4 is 17.6 Å². The van der Waals surface area contributed by atoms with Crippen molar-refractivity contribution in [1.29, 1.82) is 0 Å². The zero-order valence-electron chi connectivity index (χ0n) is 13.6. The van der Waals surface area contributed by atoms with Crippen LogP contribution in [-0.4, -0.2) is 30.2 Å². The Morgan fingerprint density at radius 3 is 2.17 bits per heavy atom. The van der Waals surface area contributed by atoms with Gasteiger partial charge in [0.2, 0.25) is 5.91 Å². The van der Waals surface area contributed by atoms with Gasteiger partial charge in [0.05, 0.1) is 12.2 Å². The summed E-state index contributed by atoms with van der Waals surface area (Å²) < 4.78 is 5.27. The summed E-state index contributed by atoms with van der Waals surface area (Å²) in [7, 11) is 0. The first-order chi connectivity index (χ1) is 11.6. The summed E-state index contributed by atoms with van der Waals surface area (Å²) in [6.45, 7) is 1.17. The van der Waals surface area contributed by atoms with Gasteiger partial charge < -0.3 is 15.2 Å². The lowest BCUT2D eigenvalue weighted by Crippen LogP contribution is -2.43. The Hall–Kier alpha value is -2.66. The summed E-state index contributed by atoms with van der Waals surface area (Å²) >= 11 is 0. The van der Waals surface area contributed by atoms with Gasteiger partial charge in [0.15, 0.2) is 0 Å². The fourth-order valence-electron chi connectivity index (χ4n) is 2.20. The lowest BCUT2D eigenvalue weighted by molar-refractivity contribution is -0.131. The van der Waals surface area contributed by atoms with Crippen LogP contribution < -0.4 is 5.32 Å². The summed E-state index contributed by atoms with van der Waals surface area (Å²) in [5.41, 5.74) is -0.146. The van der Waals surface area contributed by atoms with Gasteiger partial charge in [-0.15, -0.1) is 0 Å². The molecule has 0 radical (unpaired) electrons. The van der Waals surface area contributed by atoms with E-state index in [9.17, 15) is 14.7 Å². The van der Waals surface area contributed by atoms with E-state index in [1.807, 2.05) is 6.07 Å². The molecule has 1 amide bonds. The van der Waals surface area contributed by atoms with Crippen LogP contribution in [0.2, 0.25) is 0 Å². The normalized spacial score (nSPS) is 12.9. The second kappa shape index (κ2) is 8.26. The lowest BCUT2D eigenvalue weighted by atomic mass is 9.85. The molecule has 0 fully saturated rings. The first-order valence-corrected chi connectivity index (χ1v) is 7.81. The number of aliphatic hydroxyl groups excluding tert-OH is 1. The molecule has 0 heterocycles. The van der Waals surface area contributed by atoms with Gasteiger partial charge in [-0.25, -0.2) is 4.79 Å².